The van der Waals surface area contributed by atoms with Gasteiger partial charge in [0.15, 0.2) is 0 Å². The van der Waals surface area contributed by atoms with Crippen LogP contribution in [0, 0.1) is 0 Å². The van der Waals surface area contributed by atoms with E-state index in [0.29, 0.717) is 26.2 Å². The Bertz CT molecular complexity index is 678. The Hall–Kier alpha value is -2.21. The molecule has 2 aromatic carbocycles. The van der Waals surface area contributed by atoms with Gasteiger partial charge in [-0.3, -0.25) is 4.79 Å². The van der Waals surface area contributed by atoms with Gasteiger partial charge in [0.25, 0.3) is 0 Å². The van der Waals surface area contributed by atoms with Crippen molar-refractivity contribution in [3.8, 4) is 0 Å². The molecule has 1 unspecified atom stereocenters. The number of carbonyl (C=O) groups excluding carboxylic acids is 1. The van der Waals surface area contributed by atoms with Crippen LogP contribution in [0.5, 0.6) is 0 Å². The molecule has 3 atom stereocenters. The van der Waals surface area contributed by atoms with Crippen molar-refractivity contribution in [3.05, 3.63) is 71.8 Å². The van der Waals surface area contributed by atoms with E-state index in [1.165, 1.54) is 0 Å². The minimum absolute atomic E-state index is 0.0183. The summed E-state index contributed by atoms with van der Waals surface area (Å²) >= 11 is 0. The molecule has 5 heteroatoms. The third-order valence-electron chi connectivity index (χ3n) is 4.58. The van der Waals surface area contributed by atoms with Crippen LogP contribution < -0.4 is 11.1 Å². The summed E-state index contributed by atoms with van der Waals surface area (Å²) in [4.78, 5) is 12.6. The summed E-state index contributed by atoms with van der Waals surface area (Å²) in [5, 5.41) is 3.08. The first kappa shape index (κ1) is 18.6. The van der Waals surface area contributed by atoms with E-state index in [1.807, 2.05) is 60.7 Å². The molecule has 0 aliphatic carbocycles. The largest absolute Gasteiger partial charge is 0.374 e. The maximum Gasteiger partial charge on any atom is 0.249 e. The maximum absolute atomic E-state index is 12.6. The van der Waals surface area contributed by atoms with Gasteiger partial charge in [-0.2, -0.15) is 0 Å². The Kier molecular flexibility index (Phi) is 6.77. The predicted molar refractivity (Wildman–Crippen MR) is 100 cm³/mol. The summed E-state index contributed by atoms with van der Waals surface area (Å²) in [6, 6.07) is 19.7. The summed E-state index contributed by atoms with van der Waals surface area (Å²) in [7, 11) is 0. The maximum atomic E-state index is 12.6. The Morgan fingerprint density at radius 1 is 1.12 bits per heavy atom. The van der Waals surface area contributed by atoms with Crippen molar-refractivity contribution in [2.45, 2.75) is 37.7 Å². The summed E-state index contributed by atoms with van der Waals surface area (Å²) in [6.07, 6.45) is 1.09. The van der Waals surface area contributed by atoms with Gasteiger partial charge in [0.05, 0.1) is 25.4 Å². The number of hydrogen-bond donors (Lipinski definition) is 2. The zero-order chi connectivity index (χ0) is 18.2. The van der Waals surface area contributed by atoms with E-state index in [4.69, 9.17) is 15.2 Å². The van der Waals surface area contributed by atoms with Crippen LogP contribution in [0.4, 0.5) is 0 Å². The van der Waals surface area contributed by atoms with Crippen LogP contribution in [0.25, 0.3) is 0 Å². The number of amides is 1. The first-order valence-electron chi connectivity index (χ1n) is 9.09. The SMILES string of the molecule is NC[C@H]1CC[C@@H](C(=O)NC(COCc2ccccc2)c2ccccc2)O1. The average molecular weight is 354 g/mol. The fraction of sp³-hybridized carbons (Fsp3) is 0.381. The molecule has 0 radical (unpaired) electrons. The molecule has 3 rings (SSSR count). The van der Waals surface area contributed by atoms with E-state index in [2.05, 4.69) is 5.32 Å². The van der Waals surface area contributed by atoms with Crippen molar-refractivity contribution < 1.29 is 14.3 Å². The number of nitrogens with two attached hydrogens (primary N) is 1. The van der Waals surface area contributed by atoms with Gasteiger partial charge < -0.3 is 20.5 Å². The van der Waals surface area contributed by atoms with Crippen molar-refractivity contribution in [3.63, 3.8) is 0 Å². The van der Waals surface area contributed by atoms with E-state index in [1.54, 1.807) is 0 Å². The molecular weight excluding hydrogens is 328 g/mol. The highest BCUT2D eigenvalue weighted by Gasteiger charge is 2.31. The lowest BCUT2D eigenvalue weighted by Gasteiger charge is -2.21. The molecule has 1 amide bonds. The Morgan fingerprint density at radius 2 is 1.81 bits per heavy atom. The molecule has 138 valence electrons. The Labute approximate surface area is 154 Å². The fourth-order valence-corrected chi connectivity index (χ4v) is 3.11. The van der Waals surface area contributed by atoms with Crippen LogP contribution in [-0.4, -0.2) is 31.3 Å². The van der Waals surface area contributed by atoms with Crippen LogP contribution in [0.15, 0.2) is 60.7 Å². The molecule has 0 aromatic heterocycles. The fourth-order valence-electron chi connectivity index (χ4n) is 3.11. The summed E-state index contributed by atoms with van der Waals surface area (Å²) in [6.45, 7) is 1.36. The highest BCUT2D eigenvalue weighted by atomic mass is 16.5. The van der Waals surface area contributed by atoms with Gasteiger partial charge in [-0.05, 0) is 24.0 Å². The van der Waals surface area contributed by atoms with Crippen molar-refractivity contribution in [1.82, 2.24) is 5.32 Å². The molecule has 1 fully saturated rings. The van der Waals surface area contributed by atoms with Crippen molar-refractivity contribution in [2.75, 3.05) is 13.2 Å². The smallest absolute Gasteiger partial charge is 0.249 e. The molecular formula is C21H26N2O3. The van der Waals surface area contributed by atoms with Gasteiger partial charge in [0.2, 0.25) is 5.91 Å². The topological polar surface area (TPSA) is 73.6 Å². The zero-order valence-corrected chi connectivity index (χ0v) is 14.8. The minimum atomic E-state index is -0.427. The van der Waals surface area contributed by atoms with Crippen molar-refractivity contribution >= 4 is 5.91 Å². The quantitative estimate of drug-likeness (QED) is 0.764. The molecule has 1 aliphatic heterocycles. The highest BCUT2D eigenvalue weighted by molar-refractivity contribution is 5.81. The monoisotopic (exact) mass is 354 g/mol. The van der Waals surface area contributed by atoms with E-state index >= 15 is 0 Å². The number of ether oxygens (including phenoxy) is 2. The second-order valence-electron chi connectivity index (χ2n) is 6.53. The van der Waals surface area contributed by atoms with Crippen LogP contribution in [0.1, 0.15) is 30.0 Å². The number of rotatable bonds is 8. The van der Waals surface area contributed by atoms with Crippen molar-refractivity contribution in [2.24, 2.45) is 5.73 Å². The van der Waals surface area contributed by atoms with Gasteiger partial charge in [0.1, 0.15) is 6.10 Å². The Morgan fingerprint density at radius 3 is 2.46 bits per heavy atom. The lowest BCUT2D eigenvalue weighted by molar-refractivity contribution is -0.133. The second-order valence-corrected chi connectivity index (χ2v) is 6.53. The molecule has 1 saturated heterocycles. The molecule has 1 heterocycles. The van der Waals surface area contributed by atoms with Gasteiger partial charge in [-0.25, -0.2) is 0 Å². The van der Waals surface area contributed by atoms with E-state index in [-0.39, 0.29) is 18.1 Å². The average Bonchev–Trinajstić information content (AvgIpc) is 3.18. The predicted octanol–water partition coefficient (Wildman–Crippen LogP) is 2.57. The molecule has 1 aliphatic rings. The first-order valence-corrected chi connectivity index (χ1v) is 9.09. The van der Waals surface area contributed by atoms with Crippen LogP contribution in [-0.2, 0) is 20.9 Å². The first-order chi connectivity index (χ1) is 12.8. The molecule has 3 N–H and O–H groups in total. The lowest BCUT2D eigenvalue weighted by Crippen LogP contribution is -2.39. The molecule has 26 heavy (non-hydrogen) atoms. The van der Waals surface area contributed by atoms with E-state index < -0.39 is 6.10 Å². The summed E-state index contributed by atoms with van der Waals surface area (Å²) in [5.74, 6) is -0.0990. The number of benzene rings is 2. The van der Waals surface area contributed by atoms with Crippen LogP contribution in [0.3, 0.4) is 0 Å². The van der Waals surface area contributed by atoms with E-state index in [9.17, 15) is 4.79 Å². The third-order valence-corrected chi connectivity index (χ3v) is 4.58. The number of hydrogen-bond acceptors (Lipinski definition) is 4. The van der Waals surface area contributed by atoms with Crippen LogP contribution in [0.2, 0.25) is 0 Å². The normalized spacial score (nSPS) is 20.7. The molecule has 0 spiro atoms. The van der Waals surface area contributed by atoms with E-state index in [0.717, 1.165) is 17.5 Å². The minimum Gasteiger partial charge on any atom is -0.374 e. The van der Waals surface area contributed by atoms with Gasteiger partial charge in [-0.15, -0.1) is 0 Å². The molecule has 5 nitrogen and oxygen atoms in total. The zero-order valence-electron chi connectivity index (χ0n) is 14.8. The summed E-state index contributed by atoms with van der Waals surface area (Å²) < 4.78 is 11.6. The number of nitrogens with one attached hydrogen (secondary N) is 1. The molecule has 0 bridgehead atoms. The lowest BCUT2D eigenvalue weighted by atomic mass is 10.1. The number of carbonyl (C=O) groups is 1. The standard InChI is InChI=1S/C21H26N2O3/c22-13-18-11-12-20(26-18)21(24)23-19(17-9-5-2-6-10-17)15-25-14-16-7-3-1-4-8-16/h1-10,18-20H,11-15,22H2,(H,23,24)/t18-,19?,20+/m1/s1. The third kappa shape index (κ3) is 5.14. The molecule has 0 saturated carbocycles. The summed E-state index contributed by atoms with van der Waals surface area (Å²) in [5.41, 5.74) is 7.76. The van der Waals surface area contributed by atoms with Gasteiger partial charge in [-0.1, -0.05) is 60.7 Å². The highest BCUT2D eigenvalue weighted by Crippen LogP contribution is 2.21. The molecule has 2 aromatic rings. The van der Waals surface area contributed by atoms with Crippen molar-refractivity contribution in [1.29, 1.82) is 0 Å². The second kappa shape index (κ2) is 9.48. The van der Waals surface area contributed by atoms with Gasteiger partial charge >= 0.3 is 0 Å². The Balaban J connectivity index is 1.59. The van der Waals surface area contributed by atoms with Crippen LogP contribution >= 0.6 is 0 Å². The van der Waals surface area contributed by atoms with Gasteiger partial charge in [0, 0.05) is 6.54 Å².